The van der Waals surface area contributed by atoms with E-state index in [1.165, 1.54) is 37.7 Å². The third-order valence-electron chi connectivity index (χ3n) is 4.09. The maximum atomic E-state index is 5.58. The van der Waals surface area contributed by atoms with Crippen LogP contribution in [0, 0.1) is 0 Å². The number of rotatable bonds is 8. The van der Waals surface area contributed by atoms with E-state index in [2.05, 4.69) is 42.1 Å². The van der Waals surface area contributed by atoms with Crippen LogP contribution in [0.1, 0.15) is 39.0 Å². The molecule has 0 radical (unpaired) electrons. The zero-order chi connectivity index (χ0) is 15.9. The van der Waals surface area contributed by atoms with Crippen molar-refractivity contribution in [1.82, 2.24) is 9.78 Å². The summed E-state index contributed by atoms with van der Waals surface area (Å²) in [5.74, 6) is 0.827. The van der Waals surface area contributed by atoms with E-state index < -0.39 is 0 Å². The Labute approximate surface area is 138 Å². The molecule has 120 valence electrons. The van der Waals surface area contributed by atoms with E-state index in [4.69, 9.17) is 9.52 Å². The van der Waals surface area contributed by atoms with Crippen LogP contribution < -0.4 is 0 Å². The molecule has 0 saturated carbocycles. The highest BCUT2D eigenvalue weighted by atomic mass is 16.3. The first kappa shape index (κ1) is 15.6. The molecule has 0 atom stereocenters. The first-order valence-electron chi connectivity index (χ1n) is 8.55. The van der Waals surface area contributed by atoms with E-state index in [1.807, 2.05) is 18.2 Å². The summed E-state index contributed by atoms with van der Waals surface area (Å²) >= 11 is 0. The van der Waals surface area contributed by atoms with E-state index in [1.54, 1.807) is 6.26 Å². The Morgan fingerprint density at radius 3 is 2.52 bits per heavy atom. The van der Waals surface area contributed by atoms with Crippen LogP contribution in [0.4, 0.5) is 0 Å². The number of aryl methyl sites for hydroxylation is 1. The lowest BCUT2D eigenvalue weighted by Crippen LogP contribution is -1.98. The fraction of sp³-hybridized carbons (Fsp3) is 0.350. The predicted molar refractivity (Wildman–Crippen MR) is 94.1 cm³/mol. The summed E-state index contributed by atoms with van der Waals surface area (Å²) in [4.78, 5) is 0. The molecule has 2 heterocycles. The maximum absolute atomic E-state index is 5.58. The topological polar surface area (TPSA) is 31.0 Å². The van der Waals surface area contributed by atoms with Gasteiger partial charge in [0.25, 0.3) is 0 Å². The van der Waals surface area contributed by atoms with E-state index >= 15 is 0 Å². The molecule has 0 fully saturated rings. The van der Waals surface area contributed by atoms with Crippen LogP contribution in [-0.2, 0) is 6.54 Å². The van der Waals surface area contributed by atoms with Crippen LogP contribution in [-0.4, -0.2) is 9.78 Å². The summed E-state index contributed by atoms with van der Waals surface area (Å²) < 4.78 is 7.64. The molecular weight excluding hydrogens is 284 g/mol. The highest BCUT2D eigenvalue weighted by Gasteiger charge is 2.14. The molecule has 0 amide bonds. The predicted octanol–water partition coefficient (Wildman–Crippen LogP) is 5.78. The Morgan fingerprint density at radius 2 is 1.78 bits per heavy atom. The molecule has 0 aliphatic rings. The van der Waals surface area contributed by atoms with Crippen LogP contribution in [0.25, 0.3) is 22.6 Å². The largest absolute Gasteiger partial charge is 0.463 e. The molecule has 23 heavy (non-hydrogen) atoms. The van der Waals surface area contributed by atoms with Gasteiger partial charge in [0.05, 0.1) is 6.26 Å². The number of furan rings is 1. The highest BCUT2D eigenvalue weighted by molar-refractivity contribution is 5.78. The molecule has 3 aromatic rings. The van der Waals surface area contributed by atoms with E-state index in [0.29, 0.717) is 0 Å². The average Bonchev–Trinajstić information content (AvgIpc) is 3.25. The fourth-order valence-electron chi connectivity index (χ4n) is 2.84. The first-order chi connectivity index (χ1) is 11.4. The van der Waals surface area contributed by atoms with Crippen molar-refractivity contribution < 1.29 is 4.42 Å². The molecule has 0 spiro atoms. The second-order valence-corrected chi connectivity index (χ2v) is 5.91. The Hall–Kier alpha value is -2.29. The molecule has 2 aromatic heterocycles. The third kappa shape index (κ3) is 3.92. The Balaban J connectivity index is 1.80. The van der Waals surface area contributed by atoms with E-state index in [-0.39, 0.29) is 0 Å². The molecule has 1 aromatic carbocycles. The molecule has 0 saturated heterocycles. The van der Waals surface area contributed by atoms with E-state index in [0.717, 1.165) is 23.6 Å². The zero-order valence-corrected chi connectivity index (χ0v) is 13.7. The minimum absolute atomic E-state index is 0.827. The minimum Gasteiger partial charge on any atom is -0.463 e. The van der Waals surface area contributed by atoms with Crippen molar-refractivity contribution >= 4 is 0 Å². The number of hydrogen-bond acceptors (Lipinski definition) is 2. The van der Waals surface area contributed by atoms with Crippen LogP contribution >= 0.6 is 0 Å². The number of aromatic nitrogens is 2. The smallest absolute Gasteiger partial charge is 0.154 e. The van der Waals surface area contributed by atoms with Gasteiger partial charge in [-0.25, -0.2) is 0 Å². The van der Waals surface area contributed by atoms with Crippen LogP contribution in [0.3, 0.4) is 0 Å². The summed E-state index contributed by atoms with van der Waals surface area (Å²) in [6.07, 6.45) is 10.2. The van der Waals surface area contributed by atoms with Crippen LogP contribution in [0.2, 0.25) is 0 Å². The van der Waals surface area contributed by atoms with Gasteiger partial charge in [0.2, 0.25) is 0 Å². The average molecular weight is 308 g/mol. The maximum Gasteiger partial charge on any atom is 0.154 e. The van der Waals surface area contributed by atoms with Crippen LogP contribution in [0.5, 0.6) is 0 Å². The highest BCUT2D eigenvalue weighted by Crippen LogP contribution is 2.31. The zero-order valence-electron chi connectivity index (χ0n) is 13.7. The van der Waals surface area contributed by atoms with Crippen molar-refractivity contribution in [2.24, 2.45) is 0 Å². The SMILES string of the molecule is CCCCCCCn1cc(-c2ccccc2)c(-c2ccco2)n1. The van der Waals surface area contributed by atoms with Crippen molar-refractivity contribution in [3.63, 3.8) is 0 Å². The molecule has 0 unspecified atom stereocenters. The quantitative estimate of drug-likeness (QED) is 0.494. The standard InChI is InChI=1S/C20H24N2O/c1-2-3-4-5-9-14-22-16-18(17-11-7-6-8-12-17)20(21-22)19-13-10-15-23-19/h6-8,10-13,15-16H,2-5,9,14H2,1H3. The van der Waals surface area contributed by atoms with Crippen molar-refractivity contribution in [2.75, 3.05) is 0 Å². The number of hydrogen-bond donors (Lipinski definition) is 0. The first-order valence-corrected chi connectivity index (χ1v) is 8.55. The summed E-state index contributed by atoms with van der Waals surface area (Å²) in [5, 5.41) is 4.77. The number of nitrogens with zero attached hydrogens (tertiary/aromatic N) is 2. The molecule has 0 aliphatic heterocycles. The van der Waals surface area contributed by atoms with Gasteiger partial charge in [-0.1, -0.05) is 62.9 Å². The molecule has 3 nitrogen and oxygen atoms in total. The molecule has 3 rings (SSSR count). The van der Waals surface area contributed by atoms with Gasteiger partial charge in [-0.2, -0.15) is 5.10 Å². The monoisotopic (exact) mass is 308 g/mol. The van der Waals surface area contributed by atoms with Crippen molar-refractivity contribution in [2.45, 2.75) is 45.6 Å². The molecule has 0 bridgehead atoms. The van der Waals surface area contributed by atoms with Gasteiger partial charge in [-0.3, -0.25) is 4.68 Å². The lowest BCUT2D eigenvalue weighted by molar-refractivity contribution is 0.530. The summed E-state index contributed by atoms with van der Waals surface area (Å²) in [6.45, 7) is 3.21. The fourth-order valence-corrected chi connectivity index (χ4v) is 2.84. The van der Waals surface area contributed by atoms with Gasteiger partial charge in [0.1, 0.15) is 5.69 Å². The van der Waals surface area contributed by atoms with E-state index in [9.17, 15) is 0 Å². The van der Waals surface area contributed by atoms with Gasteiger partial charge < -0.3 is 4.42 Å². The lowest BCUT2D eigenvalue weighted by Gasteiger charge is -2.01. The van der Waals surface area contributed by atoms with Crippen LogP contribution in [0.15, 0.2) is 59.3 Å². The Morgan fingerprint density at radius 1 is 0.957 bits per heavy atom. The molecule has 0 aliphatic carbocycles. The van der Waals surface area contributed by atoms with Crippen molar-refractivity contribution in [3.05, 3.63) is 54.9 Å². The molecular formula is C20H24N2O. The normalized spacial score (nSPS) is 11.0. The van der Waals surface area contributed by atoms with Crippen molar-refractivity contribution in [1.29, 1.82) is 0 Å². The lowest BCUT2D eigenvalue weighted by atomic mass is 10.1. The third-order valence-corrected chi connectivity index (χ3v) is 4.09. The number of benzene rings is 1. The number of unbranched alkanes of at least 4 members (excludes halogenated alkanes) is 4. The summed E-state index contributed by atoms with van der Waals surface area (Å²) in [6, 6.07) is 14.3. The minimum atomic E-state index is 0.827. The molecule has 3 heteroatoms. The van der Waals surface area contributed by atoms with Gasteiger partial charge in [0, 0.05) is 18.3 Å². The second-order valence-electron chi connectivity index (χ2n) is 5.91. The second kappa shape index (κ2) is 7.82. The van der Waals surface area contributed by atoms with Crippen molar-refractivity contribution in [3.8, 4) is 22.6 Å². The Bertz CT molecular complexity index is 699. The van der Waals surface area contributed by atoms with Gasteiger partial charge in [0.15, 0.2) is 5.76 Å². The summed E-state index contributed by atoms with van der Waals surface area (Å²) in [7, 11) is 0. The van der Waals surface area contributed by atoms with Gasteiger partial charge in [-0.15, -0.1) is 0 Å². The summed E-state index contributed by atoms with van der Waals surface area (Å²) in [5.41, 5.74) is 3.24. The molecule has 0 N–H and O–H groups in total. The van der Waals surface area contributed by atoms with Gasteiger partial charge in [-0.05, 0) is 24.1 Å². The Kier molecular flexibility index (Phi) is 5.30. The van der Waals surface area contributed by atoms with Gasteiger partial charge >= 0.3 is 0 Å².